The highest BCUT2D eigenvalue weighted by Crippen LogP contribution is 2.32. The van der Waals surface area contributed by atoms with Crippen LogP contribution in [-0.4, -0.2) is 38.6 Å². The summed E-state index contributed by atoms with van der Waals surface area (Å²) >= 11 is 0. The van der Waals surface area contributed by atoms with Crippen LogP contribution in [-0.2, 0) is 19.6 Å². The fourth-order valence-electron chi connectivity index (χ4n) is 2.32. The van der Waals surface area contributed by atoms with Gasteiger partial charge < -0.3 is 18.9 Å². The van der Waals surface area contributed by atoms with Crippen molar-refractivity contribution in [2.45, 2.75) is 31.5 Å². The third-order valence-electron chi connectivity index (χ3n) is 4.54. The Morgan fingerprint density at radius 3 is 2.28 bits per heavy atom. The molecule has 0 aromatic heterocycles. The van der Waals surface area contributed by atoms with Crippen molar-refractivity contribution in [3.8, 4) is 5.75 Å². The molecule has 2 atom stereocenters. The molecular formula is C21H26O4. The van der Waals surface area contributed by atoms with Crippen molar-refractivity contribution in [2.24, 2.45) is 0 Å². The third-order valence-corrected chi connectivity index (χ3v) is 4.54. The van der Waals surface area contributed by atoms with Crippen LogP contribution in [0.4, 0.5) is 0 Å². The number of hydrogen-bond donors (Lipinski definition) is 0. The van der Waals surface area contributed by atoms with Gasteiger partial charge in [-0.15, -0.1) is 0 Å². The van der Waals surface area contributed by atoms with Gasteiger partial charge in [-0.05, 0) is 29.3 Å². The molecule has 2 aliphatic heterocycles. The standard InChI is InChI=1S/C21H26O4/c1-15(5-6-16(2)22-11-19-13-24-19)21(3,4)17-7-9-18(10-8-17)23-12-20-14-25-20/h5-10,19-20H,1-2,11-14H2,3-4H3/b6-5-. The Morgan fingerprint density at radius 2 is 1.68 bits per heavy atom. The Balaban J connectivity index is 1.54. The third kappa shape index (κ3) is 5.21. The van der Waals surface area contributed by atoms with Gasteiger partial charge in [0, 0.05) is 5.41 Å². The van der Waals surface area contributed by atoms with E-state index in [0.29, 0.717) is 19.0 Å². The SMILES string of the molecule is C=C(/C=C\C(=C)C(C)(C)c1ccc(OCC2CO2)cc1)OCC1CO1. The molecular weight excluding hydrogens is 316 g/mol. The highest BCUT2D eigenvalue weighted by atomic mass is 16.6. The molecule has 2 unspecified atom stereocenters. The molecule has 3 rings (SSSR count). The molecule has 0 radical (unpaired) electrons. The predicted molar refractivity (Wildman–Crippen MR) is 97.8 cm³/mol. The number of benzene rings is 1. The van der Waals surface area contributed by atoms with E-state index in [0.717, 1.165) is 24.5 Å². The Hall–Kier alpha value is -2.04. The lowest BCUT2D eigenvalue weighted by Crippen LogP contribution is -2.18. The first kappa shape index (κ1) is 17.8. The molecule has 134 valence electrons. The minimum atomic E-state index is -0.200. The zero-order chi connectivity index (χ0) is 17.9. The molecule has 0 amide bonds. The lowest BCUT2D eigenvalue weighted by atomic mass is 9.78. The van der Waals surface area contributed by atoms with Crippen LogP contribution in [0.15, 0.2) is 60.9 Å². The van der Waals surface area contributed by atoms with E-state index >= 15 is 0 Å². The summed E-state index contributed by atoms with van der Waals surface area (Å²) in [7, 11) is 0. The molecule has 4 nitrogen and oxygen atoms in total. The van der Waals surface area contributed by atoms with Crippen molar-refractivity contribution in [1.29, 1.82) is 0 Å². The summed E-state index contributed by atoms with van der Waals surface area (Å²) in [5, 5.41) is 0. The highest BCUT2D eigenvalue weighted by Gasteiger charge is 2.25. The average molecular weight is 342 g/mol. The molecule has 0 N–H and O–H groups in total. The van der Waals surface area contributed by atoms with Crippen LogP contribution in [0.3, 0.4) is 0 Å². The minimum Gasteiger partial charge on any atom is -0.491 e. The van der Waals surface area contributed by atoms with Crippen molar-refractivity contribution < 1.29 is 18.9 Å². The van der Waals surface area contributed by atoms with Crippen molar-refractivity contribution in [3.05, 3.63) is 66.5 Å². The fourth-order valence-corrected chi connectivity index (χ4v) is 2.32. The van der Waals surface area contributed by atoms with Gasteiger partial charge in [0.2, 0.25) is 0 Å². The van der Waals surface area contributed by atoms with Crippen LogP contribution < -0.4 is 4.74 Å². The monoisotopic (exact) mass is 342 g/mol. The van der Waals surface area contributed by atoms with Crippen LogP contribution >= 0.6 is 0 Å². The summed E-state index contributed by atoms with van der Waals surface area (Å²) in [6.07, 6.45) is 4.32. The average Bonchev–Trinajstić information content (AvgIpc) is 3.50. The molecule has 2 heterocycles. The van der Waals surface area contributed by atoms with Gasteiger partial charge in [0.1, 0.15) is 36.9 Å². The Bertz CT molecular complexity index is 649. The molecule has 1 aromatic rings. The molecule has 2 aliphatic rings. The first-order chi connectivity index (χ1) is 11.9. The van der Waals surface area contributed by atoms with Gasteiger partial charge in [-0.1, -0.05) is 45.2 Å². The second-order valence-corrected chi connectivity index (χ2v) is 7.01. The molecule has 2 fully saturated rings. The molecule has 2 saturated heterocycles. The zero-order valence-corrected chi connectivity index (χ0v) is 15.0. The number of hydrogen-bond acceptors (Lipinski definition) is 4. The van der Waals surface area contributed by atoms with E-state index in [4.69, 9.17) is 18.9 Å². The summed E-state index contributed by atoms with van der Waals surface area (Å²) in [4.78, 5) is 0. The van der Waals surface area contributed by atoms with Gasteiger partial charge in [0.15, 0.2) is 0 Å². The molecule has 0 saturated carbocycles. The maximum absolute atomic E-state index is 5.69. The van der Waals surface area contributed by atoms with Gasteiger partial charge in [0.25, 0.3) is 0 Å². The maximum Gasteiger partial charge on any atom is 0.119 e. The van der Waals surface area contributed by atoms with E-state index in [2.05, 4.69) is 39.1 Å². The largest absolute Gasteiger partial charge is 0.491 e. The predicted octanol–water partition coefficient (Wildman–Crippen LogP) is 3.78. The second kappa shape index (κ2) is 7.46. The second-order valence-electron chi connectivity index (χ2n) is 7.01. The lowest BCUT2D eigenvalue weighted by Gasteiger charge is -2.26. The quantitative estimate of drug-likeness (QED) is 0.369. The molecule has 0 spiro atoms. The first-order valence-corrected chi connectivity index (χ1v) is 8.61. The summed E-state index contributed by atoms with van der Waals surface area (Å²) in [6, 6.07) is 8.15. The summed E-state index contributed by atoms with van der Waals surface area (Å²) in [5.74, 6) is 1.48. The van der Waals surface area contributed by atoms with E-state index in [-0.39, 0.29) is 17.6 Å². The minimum absolute atomic E-state index is 0.200. The van der Waals surface area contributed by atoms with Crippen LogP contribution in [0, 0.1) is 0 Å². The smallest absolute Gasteiger partial charge is 0.119 e. The molecule has 0 aliphatic carbocycles. The van der Waals surface area contributed by atoms with E-state index in [1.165, 1.54) is 5.56 Å². The van der Waals surface area contributed by atoms with Crippen molar-refractivity contribution in [2.75, 3.05) is 26.4 Å². The van der Waals surface area contributed by atoms with Gasteiger partial charge in [-0.3, -0.25) is 0 Å². The van der Waals surface area contributed by atoms with Gasteiger partial charge in [-0.2, -0.15) is 0 Å². The van der Waals surface area contributed by atoms with Gasteiger partial charge in [0.05, 0.1) is 13.2 Å². The summed E-state index contributed by atoms with van der Waals surface area (Å²) < 4.78 is 21.5. The number of ether oxygens (including phenoxy) is 4. The summed E-state index contributed by atoms with van der Waals surface area (Å²) in [6.45, 7) is 15.2. The van der Waals surface area contributed by atoms with Crippen LogP contribution in [0.2, 0.25) is 0 Å². The fraction of sp³-hybridized carbons (Fsp3) is 0.429. The molecule has 1 aromatic carbocycles. The van der Waals surface area contributed by atoms with E-state index < -0.39 is 0 Å². The lowest BCUT2D eigenvalue weighted by molar-refractivity contribution is 0.194. The highest BCUT2D eigenvalue weighted by molar-refractivity contribution is 5.41. The number of allylic oxidation sites excluding steroid dienone is 3. The Morgan fingerprint density at radius 1 is 1.08 bits per heavy atom. The number of epoxide rings is 2. The first-order valence-electron chi connectivity index (χ1n) is 8.61. The van der Waals surface area contributed by atoms with E-state index in [9.17, 15) is 0 Å². The Labute approximate surface area is 149 Å². The van der Waals surface area contributed by atoms with Crippen LogP contribution in [0.5, 0.6) is 5.75 Å². The Kier molecular flexibility index (Phi) is 5.30. The topological polar surface area (TPSA) is 43.5 Å². The van der Waals surface area contributed by atoms with Crippen molar-refractivity contribution >= 4 is 0 Å². The van der Waals surface area contributed by atoms with E-state index in [1.807, 2.05) is 24.3 Å². The molecule has 4 heteroatoms. The van der Waals surface area contributed by atoms with Crippen LogP contribution in [0.1, 0.15) is 19.4 Å². The van der Waals surface area contributed by atoms with Gasteiger partial charge >= 0.3 is 0 Å². The van der Waals surface area contributed by atoms with Gasteiger partial charge in [-0.25, -0.2) is 0 Å². The zero-order valence-electron chi connectivity index (χ0n) is 15.0. The van der Waals surface area contributed by atoms with Crippen molar-refractivity contribution in [3.63, 3.8) is 0 Å². The molecule has 0 bridgehead atoms. The number of rotatable bonds is 10. The molecule has 25 heavy (non-hydrogen) atoms. The summed E-state index contributed by atoms with van der Waals surface area (Å²) in [5.41, 5.74) is 1.96. The normalized spacial score (nSPS) is 21.8. The maximum atomic E-state index is 5.69. The van der Waals surface area contributed by atoms with Crippen LogP contribution in [0.25, 0.3) is 0 Å². The van der Waals surface area contributed by atoms with E-state index in [1.54, 1.807) is 0 Å². The van der Waals surface area contributed by atoms with Crippen molar-refractivity contribution in [1.82, 2.24) is 0 Å².